The monoisotopic (exact) mass is 344 g/mol. The Morgan fingerprint density at radius 3 is 3.00 bits per heavy atom. The van der Waals surface area contributed by atoms with Gasteiger partial charge < -0.3 is 15.7 Å². The first-order valence-electron chi connectivity index (χ1n) is 6.95. The van der Waals surface area contributed by atoms with Crippen molar-refractivity contribution in [3.8, 4) is 0 Å². The lowest BCUT2D eigenvalue weighted by Gasteiger charge is -2.38. The van der Waals surface area contributed by atoms with E-state index in [1.54, 1.807) is 6.20 Å². The molecule has 1 aliphatic heterocycles. The number of rotatable bonds is 4. The Bertz CT molecular complexity index is 520. The summed E-state index contributed by atoms with van der Waals surface area (Å²) in [6.07, 6.45) is 3.64. The lowest BCUT2D eigenvalue weighted by Crippen LogP contribution is -2.47. The number of hydrogen-bond donors (Lipinski definition) is 2. The van der Waals surface area contributed by atoms with Crippen molar-refractivity contribution in [3.63, 3.8) is 0 Å². The molecule has 2 atom stereocenters. The molecule has 1 fully saturated rings. The first-order valence-corrected chi connectivity index (χ1v) is 7.74. The van der Waals surface area contributed by atoms with Crippen LogP contribution in [-0.2, 0) is 6.54 Å². The molecule has 6 nitrogen and oxygen atoms in total. The number of nitrogens with two attached hydrogens (primary N) is 1. The average molecular weight is 345 g/mol. The van der Waals surface area contributed by atoms with E-state index in [-0.39, 0.29) is 24.8 Å². The van der Waals surface area contributed by atoms with Gasteiger partial charge >= 0.3 is 0 Å². The van der Waals surface area contributed by atoms with E-state index in [4.69, 9.17) is 10.8 Å². The molecular weight excluding hydrogens is 324 g/mol. The third-order valence-electron chi connectivity index (χ3n) is 3.94. The van der Waals surface area contributed by atoms with E-state index in [1.165, 1.54) is 4.68 Å². The van der Waals surface area contributed by atoms with Crippen molar-refractivity contribution in [1.29, 1.82) is 0 Å². The minimum Gasteiger partial charge on any atom is -0.394 e. The predicted molar refractivity (Wildman–Crippen MR) is 81.9 cm³/mol. The summed E-state index contributed by atoms with van der Waals surface area (Å²) >= 11 is 3.37. The fourth-order valence-electron chi connectivity index (χ4n) is 2.63. The standard InChI is InChI=1S/C13H21BrN4O2/c1-2-9-8-17(4-3-10(9)15)11-7-16-18(5-6-19)13(20)12(11)14/h7,9-10,19H,2-6,8,15H2,1H3. The normalized spacial score (nSPS) is 23.1. The summed E-state index contributed by atoms with van der Waals surface area (Å²) in [4.78, 5) is 14.3. The third kappa shape index (κ3) is 3.05. The summed E-state index contributed by atoms with van der Waals surface area (Å²) < 4.78 is 1.77. The van der Waals surface area contributed by atoms with E-state index in [0.717, 1.165) is 31.6 Å². The van der Waals surface area contributed by atoms with Crippen LogP contribution in [0, 0.1) is 5.92 Å². The van der Waals surface area contributed by atoms with Gasteiger partial charge in [-0.3, -0.25) is 4.79 Å². The summed E-state index contributed by atoms with van der Waals surface area (Å²) in [7, 11) is 0. The zero-order valence-electron chi connectivity index (χ0n) is 11.6. The van der Waals surface area contributed by atoms with E-state index in [1.807, 2.05) is 0 Å². The van der Waals surface area contributed by atoms with E-state index in [0.29, 0.717) is 10.4 Å². The molecule has 0 aromatic carbocycles. The van der Waals surface area contributed by atoms with Gasteiger partial charge in [-0.25, -0.2) is 4.68 Å². The van der Waals surface area contributed by atoms with Gasteiger partial charge in [0.15, 0.2) is 0 Å². The molecule has 0 aliphatic carbocycles. The molecule has 0 saturated carbocycles. The Morgan fingerprint density at radius 2 is 2.35 bits per heavy atom. The van der Waals surface area contributed by atoms with Crippen LogP contribution in [0.2, 0.25) is 0 Å². The molecule has 112 valence electrons. The number of piperidine rings is 1. The smallest absolute Gasteiger partial charge is 0.283 e. The molecule has 20 heavy (non-hydrogen) atoms. The molecular formula is C13H21BrN4O2. The molecule has 1 aromatic heterocycles. The largest absolute Gasteiger partial charge is 0.394 e. The number of aliphatic hydroxyl groups is 1. The number of hydrogen-bond acceptors (Lipinski definition) is 5. The Morgan fingerprint density at radius 1 is 1.60 bits per heavy atom. The Labute approximate surface area is 126 Å². The highest BCUT2D eigenvalue weighted by Gasteiger charge is 2.27. The van der Waals surface area contributed by atoms with Gasteiger partial charge in [0.1, 0.15) is 4.47 Å². The van der Waals surface area contributed by atoms with Crippen LogP contribution >= 0.6 is 15.9 Å². The highest BCUT2D eigenvalue weighted by Crippen LogP contribution is 2.27. The Hall–Kier alpha value is -0.920. The van der Waals surface area contributed by atoms with Gasteiger partial charge in [-0.15, -0.1) is 0 Å². The molecule has 2 rings (SSSR count). The lowest BCUT2D eigenvalue weighted by molar-refractivity contribution is 0.266. The summed E-state index contributed by atoms with van der Waals surface area (Å²) in [5.41, 5.74) is 6.72. The number of aromatic nitrogens is 2. The van der Waals surface area contributed by atoms with Crippen molar-refractivity contribution in [2.24, 2.45) is 11.7 Å². The van der Waals surface area contributed by atoms with Crippen LogP contribution in [0.15, 0.2) is 15.5 Å². The molecule has 7 heteroatoms. The molecule has 1 aromatic rings. The van der Waals surface area contributed by atoms with Crippen LogP contribution in [0.3, 0.4) is 0 Å². The third-order valence-corrected chi connectivity index (χ3v) is 4.68. The van der Waals surface area contributed by atoms with Crippen molar-refractivity contribution in [2.75, 3.05) is 24.6 Å². The van der Waals surface area contributed by atoms with Crippen LogP contribution in [-0.4, -0.2) is 40.6 Å². The fourth-order valence-corrected chi connectivity index (χ4v) is 3.19. The van der Waals surface area contributed by atoms with Crippen LogP contribution in [0.5, 0.6) is 0 Å². The molecule has 1 saturated heterocycles. The molecule has 3 N–H and O–H groups in total. The topological polar surface area (TPSA) is 84.4 Å². The van der Waals surface area contributed by atoms with Crippen molar-refractivity contribution in [3.05, 3.63) is 21.0 Å². The minimum atomic E-state index is -0.209. The number of aliphatic hydroxyl groups excluding tert-OH is 1. The quantitative estimate of drug-likeness (QED) is 0.833. The van der Waals surface area contributed by atoms with E-state index in [9.17, 15) is 4.79 Å². The van der Waals surface area contributed by atoms with Gasteiger partial charge in [0.2, 0.25) is 0 Å². The molecule has 0 spiro atoms. The van der Waals surface area contributed by atoms with Crippen molar-refractivity contribution in [1.82, 2.24) is 9.78 Å². The molecule has 1 aliphatic rings. The molecule has 2 unspecified atom stereocenters. The second kappa shape index (κ2) is 6.69. The van der Waals surface area contributed by atoms with Gasteiger partial charge in [0.25, 0.3) is 5.56 Å². The van der Waals surface area contributed by atoms with Crippen LogP contribution in [0.25, 0.3) is 0 Å². The maximum absolute atomic E-state index is 12.1. The SMILES string of the molecule is CCC1CN(c2cnn(CCO)c(=O)c2Br)CCC1N. The van der Waals surface area contributed by atoms with Crippen LogP contribution in [0.4, 0.5) is 5.69 Å². The minimum absolute atomic E-state index is 0.102. The summed E-state index contributed by atoms with van der Waals surface area (Å²) in [5.74, 6) is 0.440. The highest BCUT2D eigenvalue weighted by molar-refractivity contribution is 9.10. The molecule has 2 heterocycles. The first kappa shape index (κ1) is 15.5. The maximum atomic E-state index is 12.1. The van der Waals surface area contributed by atoms with Gasteiger partial charge in [0.05, 0.1) is 25.0 Å². The second-order valence-electron chi connectivity index (χ2n) is 5.16. The van der Waals surface area contributed by atoms with E-state index in [2.05, 4.69) is 32.9 Å². The number of anilines is 1. The number of halogens is 1. The first-order chi connectivity index (χ1) is 9.58. The van der Waals surface area contributed by atoms with Crippen LogP contribution < -0.4 is 16.2 Å². The lowest BCUT2D eigenvalue weighted by atomic mass is 9.90. The van der Waals surface area contributed by atoms with Crippen LogP contribution in [0.1, 0.15) is 19.8 Å². The highest BCUT2D eigenvalue weighted by atomic mass is 79.9. The van der Waals surface area contributed by atoms with Gasteiger partial charge in [-0.2, -0.15) is 5.10 Å². The van der Waals surface area contributed by atoms with Crippen molar-refractivity contribution >= 4 is 21.6 Å². The van der Waals surface area contributed by atoms with Gasteiger partial charge in [-0.05, 0) is 28.3 Å². The Kier molecular flexibility index (Phi) is 5.17. The summed E-state index contributed by atoms with van der Waals surface area (Å²) in [6, 6.07) is 0.234. The van der Waals surface area contributed by atoms with Crippen molar-refractivity contribution in [2.45, 2.75) is 32.4 Å². The zero-order valence-corrected chi connectivity index (χ0v) is 13.2. The summed E-state index contributed by atoms with van der Waals surface area (Å²) in [6.45, 7) is 3.93. The van der Waals surface area contributed by atoms with Gasteiger partial charge in [-0.1, -0.05) is 13.3 Å². The molecule has 0 radical (unpaired) electrons. The van der Waals surface area contributed by atoms with Crippen molar-refractivity contribution < 1.29 is 5.11 Å². The van der Waals surface area contributed by atoms with Gasteiger partial charge in [0, 0.05) is 19.1 Å². The van der Waals surface area contributed by atoms with E-state index < -0.39 is 0 Å². The fraction of sp³-hybridized carbons (Fsp3) is 0.692. The maximum Gasteiger partial charge on any atom is 0.283 e. The summed E-state index contributed by atoms with van der Waals surface area (Å²) in [5, 5.41) is 13.0. The predicted octanol–water partition coefficient (Wildman–Crippen LogP) is 0.562. The number of nitrogens with zero attached hydrogens (tertiary/aromatic N) is 3. The molecule has 0 bridgehead atoms. The second-order valence-corrected chi connectivity index (χ2v) is 5.96. The average Bonchev–Trinajstić information content (AvgIpc) is 2.45. The van der Waals surface area contributed by atoms with E-state index >= 15 is 0 Å². The Balaban J connectivity index is 2.25. The zero-order chi connectivity index (χ0) is 14.7. The molecule has 0 amide bonds.